The Morgan fingerprint density at radius 3 is 2.56 bits per heavy atom. The fourth-order valence-corrected chi connectivity index (χ4v) is 4.51. The van der Waals surface area contributed by atoms with E-state index in [0.717, 1.165) is 0 Å². The molecular formula is C26H24F2N4O2. The van der Waals surface area contributed by atoms with Gasteiger partial charge >= 0.3 is 0 Å². The van der Waals surface area contributed by atoms with Gasteiger partial charge in [0.1, 0.15) is 11.6 Å². The highest BCUT2D eigenvalue weighted by Crippen LogP contribution is 2.37. The molecule has 0 bridgehead atoms. The molecule has 0 radical (unpaired) electrons. The third kappa shape index (κ3) is 3.54. The molecule has 1 aliphatic heterocycles. The number of carbonyl (C=O) groups is 1. The lowest BCUT2D eigenvalue weighted by Crippen LogP contribution is -2.24. The summed E-state index contributed by atoms with van der Waals surface area (Å²) in [5, 5.41) is 16.0. The molecule has 1 amide bonds. The number of fused-ring (bicyclic) bond motifs is 2. The number of hydrogen-bond donors (Lipinski definition) is 1. The molecule has 2 aromatic heterocycles. The quantitative estimate of drug-likeness (QED) is 0.467. The number of pyridine rings is 1. The second kappa shape index (κ2) is 7.99. The Balaban J connectivity index is 1.53. The van der Waals surface area contributed by atoms with Crippen molar-refractivity contribution < 1.29 is 18.7 Å². The number of benzene rings is 2. The minimum Gasteiger partial charge on any atom is -0.385 e. The number of hydrogen-bond acceptors (Lipinski definition) is 4. The van der Waals surface area contributed by atoms with Crippen molar-refractivity contribution in [3.8, 4) is 11.1 Å². The second-order valence-electron chi connectivity index (χ2n) is 8.93. The molecule has 0 spiro atoms. The first kappa shape index (κ1) is 22.2. The summed E-state index contributed by atoms with van der Waals surface area (Å²) in [5.74, 6) is -1.75. The summed E-state index contributed by atoms with van der Waals surface area (Å²) in [4.78, 5) is 18.2. The summed E-state index contributed by atoms with van der Waals surface area (Å²) in [6.45, 7) is 3.63. The van der Waals surface area contributed by atoms with Crippen LogP contribution in [0.2, 0.25) is 0 Å². The van der Waals surface area contributed by atoms with Gasteiger partial charge in [-0.15, -0.1) is 0 Å². The van der Waals surface area contributed by atoms with E-state index in [1.54, 1.807) is 55.3 Å². The van der Waals surface area contributed by atoms with E-state index in [-0.39, 0.29) is 24.6 Å². The lowest BCUT2D eigenvalue weighted by Gasteiger charge is -2.23. The van der Waals surface area contributed by atoms with E-state index in [1.807, 2.05) is 6.92 Å². The maximum atomic E-state index is 15.2. The van der Waals surface area contributed by atoms with Crippen molar-refractivity contribution >= 4 is 16.8 Å². The Hall–Kier alpha value is -3.65. The predicted octanol–water partition coefficient (Wildman–Crippen LogP) is 4.69. The average molecular weight is 463 g/mol. The van der Waals surface area contributed by atoms with E-state index in [0.29, 0.717) is 45.3 Å². The van der Waals surface area contributed by atoms with Gasteiger partial charge in [0.2, 0.25) is 0 Å². The van der Waals surface area contributed by atoms with Crippen LogP contribution in [0.5, 0.6) is 0 Å². The molecule has 0 unspecified atom stereocenters. The van der Waals surface area contributed by atoms with Crippen LogP contribution in [0, 0.1) is 11.6 Å². The van der Waals surface area contributed by atoms with Crippen LogP contribution in [-0.2, 0) is 25.7 Å². The first-order valence-corrected chi connectivity index (χ1v) is 11.1. The van der Waals surface area contributed by atoms with E-state index in [4.69, 9.17) is 0 Å². The first-order valence-electron chi connectivity index (χ1n) is 11.1. The highest BCUT2D eigenvalue weighted by atomic mass is 19.1. The zero-order valence-electron chi connectivity index (χ0n) is 19.1. The standard InChI is InChI=1S/C26H24F2N4O2/c1-4-26(2,34)20-8-7-16(18-12-31(3)30-24(18)20)15-10-21(27)19(22(28)11-15)13-32-14-23-17(25(32)33)6-5-9-29-23/h5-12,34H,4,13-14H2,1-3H3/t26-/m1/s1. The van der Waals surface area contributed by atoms with Crippen LogP contribution in [0.3, 0.4) is 0 Å². The summed E-state index contributed by atoms with van der Waals surface area (Å²) in [5.41, 5.74) is 2.03. The highest BCUT2D eigenvalue weighted by Gasteiger charge is 2.30. The Morgan fingerprint density at radius 2 is 1.88 bits per heavy atom. The summed E-state index contributed by atoms with van der Waals surface area (Å²) in [6.07, 6.45) is 3.86. The van der Waals surface area contributed by atoms with E-state index < -0.39 is 17.2 Å². The third-order valence-corrected chi connectivity index (χ3v) is 6.61. The Bertz CT molecular complexity index is 1420. The molecule has 0 fully saturated rings. The molecule has 4 aromatic rings. The van der Waals surface area contributed by atoms with Crippen LogP contribution < -0.4 is 0 Å². The first-order chi connectivity index (χ1) is 16.2. The molecule has 0 saturated carbocycles. The molecule has 0 saturated heterocycles. The summed E-state index contributed by atoms with van der Waals surface area (Å²) < 4.78 is 32.0. The fourth-order valence-electron chi connectivity index (χ4n) is 4.51. The van der Waals surface area contributed by atoms with Crippen molar-refractivity contribution in [2.24, 2.45) is 7.05 Å². The fraction of sp³-hybridized carbons (Fsp3) is 0.269. The van der Waals surface area contributed by atoms with Gasteiger partial charge in [0.05, 0.1) is 35.5 Å². The van der Waals surface area contributed by atoms with Crippen LogP contribution in [0.1, 0.15) is 47.4 Å². The number of aryl methyl sites for hydroxylation is 1. The maximum absolute atomic E-state index is 15.2. The average Bonchev–Trinajstić information content (AvgIpc) is 3.34. The molecule has 6 nitrogen and oxygen atoms in total. The number of nitrogens with zero attached hydrogens (tertiary/aromatic N) is 4. The smallest absolute Gasteiger partial charge is 0.256 e. The van der Waals surface area contributed by atoms with Gasteiger partial charge in [-0.1, -0.05) is 19.1 Å². The lowest BCUT2D eigenvalue weighted by atomic mass is 9.89. The lowest BCUT2D eigenvalue weighted by molar-refractivity contribution is 0.0544. The molecular weight excluding hydrogens is 438 g/mol. The van der Waals surface area contributed by atoms with Gasteiger partial charge in [-0.2, -0.15) is 5.10 Å². The molecule has 3 heterocycles. The van der Waals surface area contributed by atoms with Crippen molar-refractivity contribution in [1.29, 1.82) is 0 Å². The minimum atomic E-state index is -1.08. The van der Waals surface area contributed by atoms with Gasteiger partial charge in [0.25, 0.3) is 5.91 Å². The van der Waals surface area contributed by atoms with Gasteiger partial charge in [-0.3, -0.25) is 14.5 Å². The van der Waals surface area contributed by atoms with Crippen molar-refractivity contribution in [2.45, 2.75) is 39.0 Å². The molecule has 34 heavy (non-hydrogen) atoms. The highest BCUT2D eigenvalue weighted by molar-refractivity contribution is 5.98. The zero-order chi connectivity index (χ0) is 24.2. The molecule has 8 heteroatoms. The minimum absolute atomic E-state index is 0.169. The van der Waals surface area contributed by atoms with E-state index in [2.05, 4.69) is 10.1 Å². The van der Waals surface area contributed by atoms with Gasteiger partial charge in [0.15, 0.2) is 0 Å². The molecule has 0 aliphatic carbocycles. The third-order valence-electron chi connectivity index (χ3n) is 6.61. The zero-order valence-corrected chi connectivity index (χ0v) is 19.1. The molecule has 1 N–H and O–H groups in total. The van der Waals surface area contributed by atoms with E-state index in [1.165, 1.54) is 17.0 Å². The van der Waals surface area contributed by atoms with Gasteiger partial charge in [0, 0.05) is 36.0 Å². The maximum Gasteiger partial charge on any atom is 0.256 e. The molecule has 2 aromatic carbocycles. The van der Waals surface area contributed by atoms with Gasteiger partial charge in [-0.25, -0.2) is 8.78 Å². The van der Waals surface area contributed by atoms with Crippen molar-refractivity contribution in [3.05, 3.63) is 82.8 Å². The topological polar surface area (TPSA) is 71.2 Å². The van der Waals surface area contributed by atoms with E-state index >= 15 is 8.78 Å². The predicted molar refractivity (Wildman–Crippen MR) is 124 cm³/mol. The van der Waals surface area contributed by atoms with Crippen LogP contribution in [-0.4, -0.2) is 30.7 Å². The Kier molecular flexibility index (Phi) is 5.20. The van der Waals surface area contributed by atoms with Crippen LogP contribution >= 0.6 is 0 Å². The number of rotatable bonds is 5. The molecule has 5 rings (SSSR count). The van der Waals surface area contributed by atoms with Gasteiger partial charge < -0.3 is 10.0 Å². The number of amides is 1. The molecule has 1 atom stereocenters. The van der Waals surface area contributed by atoms with Crippen LogP contribution in [0.15, 0.2) is 48.8 Å². The SMILES string of the molecule is CC[C@@](C)(O)c1ccc(-c2cc(F)c(CN3Cc4ncccc4C3=O)c(F)c2)c2cn(C)nc12. The van der Waals surface area contributed by atoms with Crippen molar-refractivity contribution in [3.63, 3.8) is 0 Å². The number of halogens is 2. The summed E-state index contributed by atoms with van der Waals surface area (Å²) >= 11 is 0. The summed E-state index contributed by atoms with van der Waals surface area (Å²) in [7, 11) is 1.76. The Morgan fingerprint density at radius 1 is 1.15 bits per heavy atom. The summed E-state index contributed by atoms with van der Waals surface area (Å²) in [6, 6.07) is 9.40. The van der Waals surface area contributed by atoms with Crippen LogP contribution in [0.4, 0.5) is 8.78 Å². The Labute approximate surface area is 195 Å². The number of carbonyl (C=O) groups excluding carboxylic acids is 1. The molecule has 174 valence electrons. The van der Waals surface area contributed by atoms with E-state index in [9.17, 15) is 9.90 Å². The largest absolute Gasteiger partial charge is 0.385 e. The normalized spacial score (nSPS) is 15.1. The molecule has 1 aliphatic rings. The number of aliphatic hydroxyl groups is 1. The monoisotopic (exact) mass is 462 g/mol. The van der Waals surface area contributed by atoms with Crippen molar-refractivity contribution in [2.75, 3.05) is 0 Å². The second-order valence-corrected chi connectivity index (χ2v) is 8.93. The van der Waals surface area contributed by atoms with Crippen LogP contribution in [0.25, 0.3) is 22.0 Å². The van der Waals surface area contributed by atoms with Crippen molar-refractivity contribution in [1.82, 2.24) is 19.7 Å². The number of aromatic nitrogens is 3. The van der Waals surface area contributed by atoms with Gasteiger partial charge in [-0.05, 0) is 48.7 Å².